The molecule has 0 spiro atoms. The first-order valence-electron chi connectivity index (χ1n) is 6.81. The first kappa shape index (κ1) is 11.9. The van der Waals surface area contributed by atoms with Crippen LogP contribution in [0.25, 0.3) is 17.0 Å². The van der Waals surface area contributed by atoms with Crippen LogP contribution in [-0.2, 0) is 6.42 Å². The monoisotopic (exact) mass is 275 g/mol. The Kier molecular flexibility index (Phi) is 2.78. The van der Waals surface area contributed by atoms with Crippen molar-refractivity contribution in [3.8, 4) is 11.5 Å². The summed E-state index contributed by atoms with van der Waals surface area (Å²) in [4.78, 5) is 4.37. The molecule has 21 heavy (non-hydrogen) atoms. The van der Waals surface area contributed by atoms with Gasteiger partial charge in [-0.15, -0.1) is 0 Å². The number of aromatic nitrogens is 3. The molecule has 0 amide bonds. The van der Waals surface area contributed by atoms with Gasteiger partial charge in [0.1, 0.15) is 5.69 Å². The van der Waals surface area contributed by atoms with Gasteiger partial charge in [-0.3, -0.25) is 0 Å². The van der Waals surface area contributed by atoms with Crippen LogP contribution >= 0.6 is 0 Å². The predicted molar refractivity (Wildman–Crippen MR) is 79.9 cm³/mol. The first-order valence-corrected chi connectivity index (χ1v) is 6.81. The van der Waals surface area contributed by atoms with Gasteiger partial charge in [0, 0.05) is 6.42 Å². The van der Waals surface area contributed by atoms with Crippen molar-refractivity contribution in [2.45, 2.75) is 6.42 Å². The van der Waals surface area contributed by atoms with E-state index in [1.54, 1.807) is 6.20 Å². The van der Waals surface area contributed by atoms with Crippen LogP contribution in [0.15, 0.2) is 71.6 Å². The zero-order valence-corrected chi connectivity index (χ0v) is 11.3. The lowest BCUT2D eigenvalue weighted by molar-refractivity contribution is 0.566. The summed E-state index contributed by atoms with van der Waals surface area (Å²) < 4.78 is 7.50. The normalized spacial score (nSPS) is 11.0. The largest absolute Gasteiger partial charge is 0.442 e. The third-order valence-corrected chi connectivity index (χ3v) is 3.51. The number of oxazole rings is 1. The highest BCUT2D eigenvalue weighted by atomic mass is 16.3. The van der Waals surface area contributed by atoms with Gasteiger partial charge in [-0.2, -0.15) is 5.10 Å². The molecule has 0 bridgehead atoms. The molecule has 0 saturated carbocycles. The topological polar surface area (TPSA) is 43.3 Å². The molecule has 0 atom stereocenters. The second-order valence-electron chi connectivity index (χ2n) is 4.87. The Hall–Kier alpha value is -2.88. The van der Waals surface area contributed by atoms with Crippen molar-refractivity contribution in [2.75, 3.05) is 0 Å². The molecule has 4 heteroatoms. The molecule has 0 aliphatic rings. The predicted octanol–water partition coefficient (Wildman–Crippen LogP) is 3.58. The van der Waals surface area contributed by atoms with E-state index in [2.05, 4.69) is 22.2 Å². The van der Waals surface area contributed by atoms with Crippen LogP contribution in [0, 0.1) is 0 Å². The van der Waals surface area contributed by atoms with Crippen LogP contribution in [0.1, 0.15) is 11.3 Å². The van der Waals surface area contributed by atoms with Crippen molar-refractivity contribution in [1.29, 1.82) is 0 Å². The zero-order chi connectivity index (χ0) is 14.1. The Morgan fingerprint density at radius 1 is 0.952 bits per heavy atom. The lowest BCUT2D eigenvalue weighted by Crippen LogP contribution is -1.96. The molecule has 0 radical (unpaired) electrons. The van der Waals surface area contributed by atoms with Gasteiger partial charge in [-0.05, 0) is 23.8 Å². The van der Waals surface area contributed by atoms with Gasteiger partial charge >= 0.3 is 0 Å². The average molecular weight is 275 g/mol. The second-order valence-corrected chi connectivity index (χ2v) is 4.87. The Morgan fingerprint density at radius 2 is 1.86 bits per heavy atom. The van der Waals surface area contributed by atoms with Crippen LogP contribution in [0.5, 0.6) is 0 Å². The maximum Gasteiger partial charge on any atom is 0.181 e. The fraction of sp³-hybridized carbons (Fsp3) is 0.0588. The minimum Gasteiger partial charge on any atom is -0.442 e. The summed E-state index contributed by atoms with van der Waals surface area (Å²) in [5.41, 5.74) is 4.08. The first-order chi connectivity index (χ1) is 10.4. The zero-order valence-electron chi connectivity index (χ0n) is 11.3. The number of rotatable bonds is 3. The SMILES string of the molecule is c1ccc(Cc2ncoc2-c2cccc3ccnn23)cc1. The van der Waals surface area contributed by atoms with Gasteiger partial charge in [0.05, 0.1) is 17.4 Å². The molecule has 0 aliphatic heterocycles. The van der Waals surface area contributed by atoms with Crippen LogP contribution in [-0.4, -0.2) is 14.6 Å². The van der Waals surface area contributed by atoms with Crippen molar-refractivity contribution in [3.05, 3.63) is 78.4 Å². The van der Waals surface area contributed by atoms with E-state index in [1.165, 1.54) is 12.0 Å². The van der Waals surface area contributed by atoms with E-state index in [1.807, 2.05) is 47.0 Å². The lowest BCUT2D eigenvalue weighted by Gasteiger charge is -2.04. The summed E-state index contributed by atoms with van der Waals surface area (Å²) in [6.07, 6.45) is 4.02. The molecule has 4 aromatic rings. The van der Waals surface area contributed by atoms with Crippen LogP contribution < -0.4 is 0 Å². The highest BCUT2D eigenvalue weighted by molar-refractivity contribution is 5.62. The molecule has 3 aromatic heterocycles. The minimum atomic E-state index is 0.740. The highest BCUT2D eigenvalue weighted by Crippen LogP contribution is 2.25. The molecule has 0 saturated heterocycles. The van der Waals surface area contributed by atoms with E-state index in [0.717, 1.165) is 29.1 Å². The fourth-order valence-electron chi connectivity index (χ4n) is 2.51. The molecule has 4 nitrogen and oxygen atoms in total. The van der Waals surface area contributed by atoms with Gasteiger partial charge in [0.25, 0.3) is 0 Å². The van der Waals surface area contributed by atoms with Crippen molar-refractivity contribution >= 4 is 5.52 Å². The van der Waals surface area contributed by atoms with E-state index in [4.69, 9.17) is 4.42 Å². The number of fused-ring (bicyclic) bond motifs is 1. The highest BCUT2D eigenvalue weighted by Gasteiger charge is 2.14. The molecular formula is C17H13N3O. The average Bonchev–Trinajstić information content (AvgIpc) is 3.16. The number of hydrogen-bond acceptors (Lipinski definition) is 3. The molecule has 0 aliphatic carbocycles. The summed E-state index contributed by atoms with van der Waals surface area (Å²) in [5, 5.41) is 4.35. The molecule has 0 unspecified atom stereocenters. The molecule has 0 fully saturated rings. The Balaban J connectivity index is 1.80. The Bertz CT molecular complexity index is 877. The van der Waals surface area contributed by atoms with E-state index >= 15 is 0 Å². The van der Waals surface area contributed by atoms with E-state index in [0.29, 0.717) is 0 Å². The van der Waals surface area contributed by atoms with Gasteiger partial charge < -0.3 is 4.42 Å². The summed E-state index contributed by atoms with van der Waals surface area (Å²) >= 11 is 0. The molecular weight excluding hydrogens is 262 g/mol. The van der Waals surface area contributed by atoms with Crippen LogP contribution in [0.4, 0.5) is 0 Å². The number of nitrogens with zero attached hydrogens (tertiary/aromatic N) is 3. The van der Waals surface area contributed by atoms with Crippen molar-refractivity contribution in [1.82, 2.24) is 14.6 Å². The van der Waals surface area contributed by atoms with E-state index in [9.17, 15) is 0 Å². The Morgan fingerprint density at radius 3 is 2.76 bits per heavy atom. The number of pyridine rings is 1. The summed E-state index contributed by atoms with van der Waals surface area (Å²) in [6.45, 7) is 0. The maximum absolute atomic E-state index is 5.63. The summed E-state index contributed by atoms with van der Waals surface area (Å²) in [6, 6.07) is 18.2. The smallest absolute Gasteiger partial charge is 0.181 e. The van der Waals surface area contributed by atoms with Crippen LogP contribution in [0.3, 0.4) is 0 Å². The molecule has 0 N–H and O–H groups in total. The summed E-state index contributed by atoms with van der Waals surface area (Å²) in [5.74, 6) is 0.771. The maximum atomic E-state index is 5.63. The van der Waals surface area contributed by atoms with Gasteiger partial charge in [0.15, 0.2) is 12.2 Å². The Labute approximate surface area is 121 Å². The number of hydrogen-bond donors (Lipinski definition) is 0. The van der Waals surface area contributed by atoms with Crippen molar-refractivity contribution < 1.29 is 4.42 Å². The van der Waals surface area contributed by atoms with Crippen LogP contribution in [0.2, 0.25) is 0 Å². The van der Waals surface area contributed by atoms with Crippen molar-refractivity contribution in [3.63, 3.8) is 0 Å². The standard InChI is InChI=1S/C17H13N3O/c1-2-5-13(6-3-1)11-15-17(21-12-18-15)16-8-4-7-14-9-10-19-20(14)16/h1-10,12H,11H2. The molecule has 102 valence electrons. The van der Waals surface area contributed by atoms with Gasteiger partial charge in [-0.1, -0.05) is 36.4 Å². The quantitative estimate of drug-likeness (QED) is 0.574. The van der Waals surface area contributed by atoms with E-state index < -0.39 is 0 Å². The second kappa shape index (κ2) is 4.90. The molecule has 1 aromatic carbocycles. The number of benzene rings is 1. The van der Waals surface area contributed by atoms with Gasteiger partial charge in [-0.25, -0.2) is 9.50 Å². The fourth-order valence-corrected chi connectivity index (χ4v) is 2.51. The third-order valence-electron chi connectivity index (χ3n) is 3.51. The molecule has 4 rings (SSSR count). The summed E-state index contributed by atoms with van der Waals surface area (Å²) in [7, 11) is 0. The van der Waals surface area contributed by atoms with E-state index in [-0.39, 0.29) is 0 Å². The van der Waals surface area contributed by atoms with Crippen molar-refractivity contribution in [2.24, 2.45) is 0 Å². The third kappa shape index (κ3) is 2.10. The van der Waals surface area contributed by atoms with Gasteiger partial charge in [0.2, 0.25) is 0 Å². The lowest BCUT2D eigenvalue weighted by atomic mass is 10.1. The minimum absolute atomic E-state index is 0.740. The molecule has 3 heterocycles.